The van der Waals surface area contributed by atoms with E-state index in [9.17, 15) is 0 Å². The molecule has 6 rings (SSSR count). The Morgan fingerprint density at radius 3 is 2.42 bits per heavy atom. The third kappa shape index (κ3) is 1.85. The molecule has 0 spiro atoms. The second kappa shape index (κ2) is 4.95. The molecule has 0 amide bonds. The van der Waals surface area contributed by atoms with Crippen LogP contribution in [0, 0.1) is 0 Å². The average Bonchev–Trinajstić information content (AvgIpc) is 3.41. The highest BCUT2D eigenvalue weighted by Gasteiger charge is 2.40. The highest BCUT2D eigenvalue weighted by molar-refractivity contribution is 5.75. The molecule has 5 aromatic rings. The number of hydrogen-bond donors (Lipinski definition) is 1. The van der Waals surface area contributed by atoms with Crippen molar-refractivity contribution >= 4 is 28.2 Å². The lowest BCUT2D eigenvalue weighted by Crippen LogP contribution is -2.23. The number of imidazole rings is 1. The first-order valence-electron chi connectivity index (χ1n) is 8.37. The molecular formula is C19H13N5O2. The van der Waals surface area contributed by atoms with Crippen LogP contribution in [0.4, 0.5) is 6.01 Å². The molecule has 0 saturated carbocycles. The number of H-pyrrole nitrogens is 1. The Morgan fingerprint density at radius 2 is 1.65 bits per heavy atom. The number of aromatic amines is 1. The van der Waals surface area contributed by atoms with Crippen LogP contribution in [-0.2, 0) is 6.54 Å². The first-order chi connectivity index (χ1) is 12.9. The van der Waals surface area contributed by atoms with Gasteiger partial charge in [-0.2, -0.15) is 4.98 Å². The zero-order valence-corrected chi connectivity index (χ0v) is 13.6. The van der Waals surface area contributed by atoms with Crippen molar-refractivity contribution in [2.75, 3.05) is 4.90 Å². The molecule has 0 aliphatic carbocycles. The lowest BCUT2D eigenvalue weighted by Gasteiger charge is -2.19. The Morgan fingerprint density at radius 1 is 0.923 bits per heavy atom. The normalized spacial score (nSPS) is 16.6. The molecule has 7 heteroatoms. The summed E-state index contributed by atoms with van der Waals surface area (Å²) in [6, 6.07) is 15.7. The SMILES string of the molecule is c1ccc2oc([C@@H]3c4nc[nH]c4CN3c3nc4ccccc4o3)nc2c1. The number of para-hydroxylation sites is 4. The molecule has 126 valence electrons. The van der Waals surface area contributed by atoms with Crippen molar-refractivity contribution in [3.05, 3.63) is 72.1 Å². The van der Waals surface area contributed by atoms with Crippen molar-refractivity contribution in [1.82, 2.24) is 19.9 Å². The van der Waals surface area contributed by atoms with Crippen LogP contribution in [-0.4, -0.2) is 19.9 Å². The Balaban J connectivity index is 1.52. The van der Waals surface area contributed by atoms with Gasteiger partial charge in [-0.15, -0.1) is 0 Å². The fourth-order valence-electron chi connectivity index (χ4n) is 3.52. The summed E-state index contributed by atoms with van der Waals surface area (Å²) in [4.78, 5) is 19.0. The van der Waals surface area contributed by atoms with Crippen molar-refractivity contribution < 1.29 is 8.83 Å². The molecule has 0 radical (unpaired) electrons. The third-order valence-corrected chi connectivity index (χ3v) is 4.72. The molecule has 1 aliphatic rings. The van der Waals surface area contributed by atoms with Gasteiger partial charge in [0.2, 0.25) is 5.89 Å². The van der Waals surface area contributed by atoms with Gasteiger partial charge >= 0.3 is 0 Å². The smallest absolute Gasteiger partial charge is 0.299 e. The quantitative estimate of drug-likeness (QED) is 0.525. The summed E-state index contributed by atoms with van der Waals surface area (Å²) in [6.45, 7) is 0.603. The molecule has 4 heterocycles. The zero-order chi connectivity index (χ0) is 17.1. The Kier molecular flexibility index (Phi) is 2.60. The van der Waals surface area contributed by atoms with Gasteiger partial charge in [-0.25, -0.2) is 9.97 Å². The number of anilines is 1. The summed E-state index contributed by atoms with van der Waals surface area (Å²) in [6.07, 6.45) is 1.70. The molecule has 7 nitrogen and oxygen atoms in total. The van der Waals surface area contributed by atoms with Crippen molar-refractivity contribution in [3.63, 3.8) is 0 Å². The topological polar surface area (TPSA) is 84.0 Å². The van der Waals surface area contributed by atoms with Gasteiger partial charge in [0.1, 0.15) is 11.0 Å². The van der Waals surface area contributed by atoms with Crippen LogP contribution in [0.1, 0.15) is 23.3 Å². The van der Waals surface area contributed by atoms with E-state index in [-0.39, 0.29) is 6.04 Å². The van der Waals surface area contributed by atoms with E-state index < -0.39 is 0 Å². The summed E-state index contributed by atoms with van der Waals surface area (Å²) < 4.78 is 12.0. The molecular weight excluding hydrogens is 330 g/mol. The van der Waals surface area contributed by atoms with Crippen LogP contribution in [0.2, 0.25) is 0 Å². The number of nitrogens with zero attached hydrogens (tertiary/aromatic N) is 4. The molecule has 1 atom stereocenters. The van der Waals surface area contributed by atoms with E-state index in [2.05, 4.69) is 19.9 Å². The summed E-state index contributed by atoms with van der Waals surface area (Å²) in [5.41, 5.74) is 5.05. The number of benzene rings is 2. The van der Waals surface area contributed by atoms with Crippen molar-refractivity contribution in [2.24, 2.45) is 0 Å². The molecule has 0 bridgehead atoms. The van der Waals surface area contributed by atoms with Crippen LogP contribution in [0.3, 0.4) is 0 Å². The maximum absolute atomic E-state index is 6.03. The molecule has 2 aromatic carbocycles. The van der Waals surface area contributed by atoms with Crippen LogP contribution < -0.4 is 4.90 Å². The minimum absolute atomic E-state index is 0.281. The van der Waals surface area contributed by atoms with Crippen molar-refractivity contribution in [2.45, 2.75) is 12.6 Å². The second-order valence-corrected chi connectivity index (χ2v) is 6.28. The van der Waals surface area contributed by atoms with E-state index in [0.29, 0.717) is 18.5 Å². The summed E-state index contributed by atoms with van der Waals surface area (Å²) in [7, 11) is 0. The monoisotopic (exact) mass is 343 g/mol. The predicted octanol–water partition coefficient (Wildman–Crippen LogP) is 3.80. The highest BCUT2D eigenvalue weighted by Crippen LogP contribution is 2.40. The molecule has 3 aromatic heterocycles. The van der Waals surface area contributed by atoms with E-state index in [0.717, 1.165) is 33.6 Å². The third-order valence-electron chi connectivity index (χ3n) is 4.72. The van der Waals surface area contributed by atoms with Gasteiger partial charge in [-0.05, 0) is 24.3 Å². The maximum Gasteiger partial charge on any atom is 0.299 e. The number of fused-ring (bicyclic) bond motifs is 3. The van der Waals surface area contributed by atoms with E-state index in [1.54, 1.807) is 6.33 Å². The van der Waals surface area contributed by atoms with Crippen molar-refractivity contribution in [1.29, 1.82) is 0 Å². The van der Waals surface area contributed by atoms with E-state index in [1.807, 2.05) is 53.4 Å². The van der Waals surface area contributed by atoms with Gasteiger partial charge in [0, 0.05) is 0 Å². The predicted molar refractivity (Wildman–Crippen MR) is 94.6 cm³/mol. The standard InChI is InChI=1S/C19H13N5O2/c1-3-7-14-11(5-1)22-18(25-14)17-16-13(20-10-21-16)9-24(17)19-23-12-6-2-4-8-15(12)26-19/h1-8,10,17H,9H2,(H,20,21)/t17-/m0/s1. The fourth-order valence-corrected chi connectivity index (χ4v) is 3.52. The Labute approximate surface area is 147 Å². The summed E-state index contributed by atoms with van der Waals surface area (Å²) in [5, 5.41) is 0. The van der Waals surface area contributed by atoms with E-state index in [4.69, 9.17) is 8.83 Å². The number of hydrogen-bond acceptors (Lipinski definition) is 6. The maximum atomic E-state index is 6.03. The lowest BCUT2D eigenvalue weighted by molar-refractivity contribution is 0.470. The zero-order valence-electron chi connectivity index (χ0n) is 13.6. The number of nitrogens with one attached hydrogen (secondary N) is 1. The molecule has 0 saturated heterocycles. The minimum Gasteiger partial charge on any atom is -0.438 e. The van der Waals surface area contributed by atoms with Gasteiger partial charge in [-0.1, -0.05) is 24.3 Å². The largest absolute Gasteiger partial charge is 0.438 e. The van der Waals surface area contributed by atoms with Gasteiger partial charge in [0.05, 0.1) is 24.3 Å². The molecule has 1 N–H and O–H groups in total. The average molecular weight is 343 g/mol. The van der Waals surface area contributed by atoms with Gasteiger partial charge in [-0.3, -0.25) is 0 Å². The molecule has 26 heavy (non-hydrogen) atoms. The first-order valence-corrected chi connectivity index (χ1v) is 8.37. The Hall–Kier alpha value is -3.61. The highest BCUT2D eigenvalue weighted by atomic mass is 16.4. The summed E-state index contributed by atoms with van der Waals surface area (Å²) in [5.74, 6) is 0.583. The van der Waals surface area contributed by atoms with Crippen LogP contribution in [0.5, 0.6) is 0 Å². The molecule has 0 unspecified atom stereocenters. The molecule has 0 fully saturated rings. The van der Waals surface area contributed by atoms with Crippen LogP contribution in [0.15, 0.2) is 63.7 Å². The number of rotatable bonds is 2. The van der Waals surface area contributed by atoms with E-state index in [1.165, 1.54) is 0 Å². The van der Waals surface area contributed by atoms with Crippen LogP contribution in [0.25, 0.3) is 22.2 Å². The Bertz CT molecular complexity index is 1190. The number of oxazole rings is 2. The van der Waals surface area contributed by atoms with Gasteiger partial charge < -0.3 is 18.7 Å². The fraction of sp³-hybridized carbons (Fsp3) is 0.105. The molecule has 1 aliphatic heterocycles. The van der Waals surface area contributed by atoms with Gasteiger partial charge in [0.15, 0.2) is 17.2 Å². The van der Waals surface area contributed by atoms with Gasteiger partial charge in [0.25, 0.3) is 6.01 Å². The minimum atomic E-state index is -0.281. The first kappa shape index (κ1) is 13.7. The second-order valence-electron chi connectivity index (χ2n) is 6.28. The van der Waals surface area contributed by atoms with Crippen molar-refractivity contribution in [3.8, 4) is 0 Å². The summed E-state index contributed by atoms with van der Waals surface area (Å²) >= 11 is 0. The lowest BCUT2D eigenvalue weighted by atomic mass is 10.2. The number of aromatic nitrogens is 4. The van der Waals surface area contributed by atoms with Crippen LogP contribution >= 0.6 is 0 Å². The van der Waals surface area contributed by atoms with E-state index >= 15 is 0 Å².